The maximum absolute atomic E-state index is 12.6. The Bertz CT molecular complexity index is 461. The second kappa shape index (κ2) is 6.78. The number of rotatable bonds is 5. The average Bonchev–Trinajstić information content (AvgIpc) is 2.33. The standard InChI is InChI=1S/C17H28N2O/c1-7-10-18-15-11-13(2)8-9-14(15)16(20)19(6)12-17(3,4)5/h8-9,11,18H,7,10,12H2,1-6H3. The lowest BCUT2D eigenvalue weighted by molar-refractivity contribution is 0.0746. The number of nitrogens with zero attached hydrogens (tertiary/aromatic N) is 1. The van der Waals surface area contributed by atoms with E-state index in [1.165, 1.54) is 5.56 Å². The minimum atomic E-state index is 0.0820. The van der Waals surface area contributed by atoms with Gasteiger partial charge in [-0.15, -0.1) is 0 Å². The minimum absolute atomic E-state index is 0.0820. The molecule has 20 heavy (non-hydrogen) atoms. The molecule has 1 amide bonds. The Hall–Kier alpha value is -1.51. The van der Waals surface area contributed by atoms with Crippen LogP contribution in [0.15, 0.2) is 18.2 Å². The summed E-state index contributed by atoms with van der Waals surface area (Å²) in [6, 6.07) is 5.97. The van der Waals surface area contributed by atoms with Gasteiger partial charge in [0.1, 0.15) is 0 Å². The Morgan fingerprint density at radius 1 is 1.30 bits per heavy atom. The zero-order valence-corrected chi connectivity index (χ0v) is 13.7. The largest absolute Gasteiger partial charge is 0.384 e. The summed E-state index contributed by atoms with van der Waals surface area (Å²) in [5.41, 5.74) is 2.97. The van der Waals surface area contributed by atoms with Gasteiger partial charge in [0.25, 0.3) is 5.91 Å². The van der Waals surface area contributed by atoms with Gasteiger partial charge < -0.3 is 10.2 Å². The Morgan fingerprint density at radius 3 is 2.50 bits per heavy atom. The van der Waals surface area contributed by atoms with E-state index < -0.39 is 0 Å². The number of aryl methyl sites for hydroxylation is 1. The highest BCUT2D eigenvalue weighted by Crippen LogP contribution is 2.21. The first-order valence-electron chi connectivity index (χ1n) is 7.34. The Balaban J connectivity index is 2.96. The first-order chi connectivity index (χ1) is 9.24. The van der Waals surface area contributed by atoms with E-state index in [0.29, 0.717) is 0 Å². The van der Waals surface area contributed by atoms with E-state index >= 15 is 0 Å². The van der Waals surface area contributed by atoms with Crippen molar-refractivity contribution in [3.05, 3.63) is 29.3 Å². The van der Waals surface area contributed by atoms with E-state index in [4.69, 9.17) is 0 Å². The molecule has 0 unspecified atom stereocenters. The van der Waals surface area contributed by atoms with Gasteiger partial charge in [0.15, 0.2) is 0 Å². The molecule has 3 nitrogen and oxygen atoms in total. The normalized spacial score (nSPS) is 11.3. The fourth-order valence-corrected chi connectivity index (χ4v) is 2.24. The fourth-order valence-electron chi connectivity index (χ4n) is 2.24. The lowest BCUT2D eigenvalue weighted by atomic mass is 9.96. The van der Waals surface area contributed by atoms with Crippen LogP contribution in [0.5, 0.6) is 0 Å². The van der Waals surface area contributed by atoms with Crippen molar-refractivity contribution in [1.82, 2.24) is 4.90 Å². The maximum atomic E-state index is 12.6. The lowest BCUT2D eigenvalue weighted by Crippen LogP contribution is -2.34. The molecule has 0 atom stereocenters. The summed E-state index contributed by atoms with van der Waals surface area (Å²) in [6.45, 7) is 12.2. The quantitative estimate of drug-likeness (QED) is 0.883. The van der Waals surface area contributed by atoms with Crippen LogP contribution in [0.2, 0.25) is 0 Å². The maximum Gasteiger partial charge on any atom is 0.255 e. The number of amides is 1. The summed E-state index contributed by atoms with van der Waals surface area (Å²) in [6.07, 6.45) is 1.04. The van der Waals surface area contributed by atoms with Crippen molar-refractivity contribution in [3.8, 4) is 0 Å². The van der Waals surface area contributed by atoms with Crippen molar-refractivity contribution in [3.63, 3.8) is 0 Å². The number of carbonyl (C=O) groups is 1. The first kappa shape index (κ1) is 16.5. The third-order valence-corrected chi connectivity index (χ3v) is 3.03. The molecule has 0 spiro atoms. The van der Waals surface area contributed by atoms with Gasteiger partial charge in [-0.05, 0) is 36.5 Å². The summed E-state index contributed by atoms with van der Waals surface area (Å²) < 4.78 is 0. The zero-order chi connectivity index (χ0) is 15.3. The fraction of sp³-hybridized carbons (Fsp3) is 0.588. The zero-order valence-electron chi connectivity index (χ0n) is 13.7. The molecule has 0 radical (unpaired) electrons. The summed E-state index contributed by atoms with van der Waals surface area (Å²) in [5, 5.41) is 3.35. The molecule has 1 aromatic carbocycles. The highest BCUT2D eigenvalue weighted by atomic mass is 16.2. The van der Waals surface area contributed by atoms with Crippen molar-refractivity contribution in [2.24, 2.45) is 5.41 Å². The van der Waals surface area contributed by atoms with Gasteiger partial charge in [-0.2, -0.15) is 0 Å². The second-order valence-corrected chi connectivity index (χ2v) is 6.70. The summed E-state index contributed by atoms with van der Waals surface area (Å²) in [7, 11) is 1.87. The number of nitrogens with one attached hydrogen (secondary N) is 1. The van der Waals surface area contributed by atoms with Gasteiger partial charge in [0.2, 0.25) is 0 Å². The third kappa shape index (κ3) is 4.87. The number of hydrogen-bond acceptors (Lipinski definition) is 2. The van der Waals surface area contributed by atoms with Crippen LogP contribution in [0.1, 0.15) is 50.0 Å². The third-order valence-electron chi connectivity index (χ3n) is 3.03. The van der Waals surface area contributed by atoms with Crippen LogP contribution in [0.3, 0.4) is 0 Å². The molecule has 1 rings (SSSR count). The molecule has 0 aliphatic carbocycles. The van der Waals surface area contributed by atoms with Gasteiger partial charge in [-0.3, -0.25) is 4.79 Å². The SMILES string of the molecule is CCCNc1cc(C)ccc1C(=O)N(C)CC(C)(C)C. The topological polar surface area (TPSA) is 32.3 Å². The van der Waals surface area contributed by atoms with Crippen molar-refractivity contribution >= 4 is 11.6 Å². The van der Waals surface area contributed by atoms with E-state index in [1.54, 1.807) is 0 Å². The summed E-state index contributed by atoms with van der Waals surface area (Å²) in [5.74, 6) is 0.0820. The van der Waals surface area contributed by atoms with Crippen LogP contribution < -0.4 is 5.32 Å². The van der Waals surface area contributed by atoms with E-state index in [1.807, 2.05) is 37.1 Å². The number of anilines is 1. The lowest BCUT2D eigenvalue weighted by Gasteiger charge is -2.27. The van der Waals surface area contributed by atoms with Gasteiger partial charge in [-0.25, -0.2) is 0 Å². The molecule has 0 aliphatic rings. The molecule has 0 saturated carbocycles. The second-order valence-electron chi connectivity index (χ2n) is 6.70. The Kier molecular flexibility index (Phi) is 5.61. The molecule has 1 N–H and O–H groups in total. The van der Waals surface area contributed by atoms with Crippen LogP contribution in [-0.4, -0.2) is 30.9 Å². The van der Waals surface area contributed by atoms with Crippen molar-refractivity contribution in [1.29, 1.82) is 0 Å². The molecule has 112 valence electrons. The molecular formula is C17H28N2O. The van der Waals surface area contributed by atoms with Gasteiger partial charge in [0, 0.05) is 25.8 Å². The smallest absolute Gasteiger partial charge is 0.255 e. The van der Waals surface area contributed by atoms with Crippen LogP contribution in [0.25, 0.3) is 0 Å². The monoisotopic (exact) mass is 276 g/mol. The van der Waals surface area contributed by atoms with Gasteiger partial charge in [0.05, 0.1) is 5.56 Å². The van der Waals surface area contributed by atoms with Crippen LogP contribution >= 0.6 is 0 Å². The summed E-state index contributed by atoms with van der Waals surface area (Å²) in [4.78, 5) is 14.4. The summed E-state index contributed by atoms with van der Waals surface area (Å²) >= 11 is 0. The van der Waals surface area contributed by atoms with Gasteiger partial charge in [-0.1, -0.05) is 33.8 Å². The Labute approximate surface area is 123 Å². The predicted molar refractivity (Wildman–Crippen MR) is 86.4 cm³/mol. The molecule has 0 aliphatic heterocycles. The predicted octanol–water partition coefficient (Wildman–Crippen LogP) is 3.94. The van der Waals surface area contributed by atoms with Crippen LogP contribution in [0, 0.1) is 12.3 Å². The molecule has 0 aromatic heterocycles. The number of carbonyl (C=O) groups excluding carboxylic acids is 1. The van der Waals surface area contributed by atoms with E-state index in [9.17, 15) is 4.79 Å². The molecule has 1 aromatic rings. The number of benzene rings is 1. The average molecular weight is 276 g/mol. The molecule has 0 heterocycles. The molecular weight excluding hydrogens is 248 g/mol. The van der Waals surface area contributed by atoms with Crippen molar-refractivity contribution in [2.75, 3.05) is 25.5 Å². The van der Waals surface area contributed by atoms with E-state index in [-0.39, 0.29) is 11.3 Å². The number of hydrogen-bond donors (Lipinski definition) is 1. The van der Waals surface area contributed by atoms with Crippen molar-refractivity contribution < 1.29 is 4.79 Å². The van der Waals surface area contributed by atoms with Crippen LogP contribution in [0.4, 0.5) is 5.69 Å². The highest BCUT2D eigenvalue weighted by Gasteiger charge is 2.20. The highest BCUT2D eigenvalue weighted by molar-refractivity contribution is 5.99. The molecule has 0 bridgehead atoms. The van der Waals surface area contributed by atoms with E-state index in [0.717, 1.165) is 30.8 Å². The van der Waals surface area contributed by atoms with Gasteiger partial charge >= 0.3 is 0 Å². The molecule has 3 heteroatoms. The minimum Gasteiger partial charge on any atom is -0.384 e. The molecule has 0 saturated heterocycles. The first-order valence-corrected chi connectivity index (χ1v) is 7.34. The Morgan fingerprint density at radius 2 is 1.95 bits per heavy atom. The van der Waals surface area contributed by atoms with Crippen molar-refractivity contribution in [2.45, 2.75) is 41.0 Å². The van der Waals surface area contributed by atoms with E-state index in [2.05, 4.69) is 33.0 Å². The van der Waals surface area contributed by atoms with Crippen LogP contribution in [-0.2, 0) is 0 Å². The molecule has 0 fully saturated rings.